The molecule has 2 heteroatoms. The van der Waals surface area contributed by atoms with Crippen LogP contribution in [0.15, 0.2) is 29.6 Å². The summed E-state index contributed by atoms with van der Waals surface area (Å²) >= 11 is 1.76. The minimum Gasteiger partial charge on any atom is -0.388 e. The molecular formula is C16H18OS. The van der Waals surface area contributed by atoms with Crippen LogP contribution in [0.2, 0.25) is 0 Å². The monoisotopic (exact) mass is 258 g/mol. The molecule has 4 unspecified atom stereocenters. The summed E-state index contributed by atoms with van der Waals surface area (Å²) < 4.78 is 1.30. The van der Waals surface area contributed by atoms with Crippen LogP contribution in [-0.2, 0) is 0 Å². The lowest BCUT2D eigenvalue weighted by molar-refractivity contribution is 0.0760. The lowest BCUT2D eigenvalue weighted by Gasteiger charge is -2.26. The molecule has 1 nitrogen and oxygen atoms in total. The SMILES string of the molecule is OC(c1csc2ccccc12)C1CC2CCC1C2. The Morgan fingerprint density at radius 1 is 1.17 bits per heavy atom. The van der Waals surface area contributed by atoms with Gasteiger partial charge in [0.15, 0.2) is 0 Å². The normalized spacial score (nSPS) is 32.2. The molecule has 2 aromatic rings. The Labute approximate surface area is 111 Å². The summed E-state index contributed by atoms with van der Waals surface area (Å²) in [7, 11) is 0. The third-order valence-electron chi connectivity index (χ3n) is 5.03. The molecule has 2 fully saturated rings. The fourth-order valence-electron chi connectivity index (χ4n) is 4.14. The fourth-order valence-corrected chi connectivity index (χ4v) is 5.13. The van der Waals surface area contributed by atoms with E-state index in [2.05, 4.69) is 29.6 Å². The summed E-state index contributed by atoms with van der Waals surface area (Å²) in [6.45, 7) is 0. The molecule has 2 saturated carbocycles. The zero-order valence-electron chi connectivity index (χ0n) is 10.4. The topological polar surface area (TPSA) is 20.2 Å². The molecular weight excluding hydrogens is 240 g/mol. The van der Waals surface area contributed by atoms with Crippen LogP contribution in [0.5, 0.6) is 0 Å². The van der Waals surface area contributed by atoms with E-state index >= 15 is 0 Å². The highest BCUT2D eigenvalue weighted by Gasteiger charge is 2.43. The summed E-state index contributed by atoms with van der Waals surface area (Å²) in [5.41, 5.74) is 1.17. The van der Waals surface area contributed by atoms with Crippen molar-refractivity contribution in [1.82, 2.24) is 0 Å². The molecule has 0 amide bonds. The molecule has 2 aliphatic carbocycles. The maximum Gasteiger partial charge on any atom is 0.0834 e. The molecule has 1 heterocycles. The fraction of sp³-hybridized carbons (Fsp3) is 0.500. The number of benzene rings is 1. The maximum atomic E-state index is 10.7. The molecule has 1 N–H and O–H groups in total. The third-order valence-corrected chi connectivity index (χ3v) is 6.01. The molecule has 4 atom stereocenters. The van der Waals surface area contributed by atoms with E-state index in [1.165, 1.54) is 41.3 Å². The molecule has 1 aromatic carbocycles. The van der Waals surface area contributed by atoms with Crippen LogP contribution in [0.1, 0.15) is 37.4 Å². The van der Waals surface area contributed by atoms with Gasteiger partial charge in [0, 0.05) is 4.70 Å². The molecule has 18 heavy (non-hydrogen) atoms. The van der Waals surface area contributed by atoms with E-state index in [0.29, 0.717) is 5.92 Å². The van der Waals surface area contributed by atoms with Crippen LogP contribution >= 0.6 is 11.3 Å². The first-order chi connectivity index (χ1) is 8.83. The number of hydrogen-bond acceptors (Lipinski definition) is 2. The second-order valence-electron chi connectivity index (χ2n) is 5.97. The molecule has 2 bridgehead atoms. The first-order valence-electron chi connectivity index (χ1n) is 6.97. The first-order valence-corrected chi connectivity index (χ1v) is 7.85. The summed E-state index contributed by atoms with van der Waals surface area (Å²) in [4.78, 5) is 0. The van der Waals surface area contributed by atoms with Gasteiger partial charge in [0.25, 0.3) is 0 Å². The van der Waals surface area contributed by atoms with Crippen LogP contribution in [0.3, 0.4) is 0 Å². The number of thiophene rings is 1. The molecule has 2 aliphatic rings. The lowest BCUT2D eigenvalue weighted by Crippen LogP contribution is -2.18. The van der Waals surface area contributed by atoms with Crippen molar-refractivity contribution in [3.8, 4) is 0 Å². The van der Waals surface area contributed by atoms with Gasteiger partial charge in [0.05, 0.1) is 6.10 Å². The Morgan fingerprint density at radius 3 is 2.83 bits per heavy atom. The Kier molecular flexibility index (Phi) is 2.49. The largest absolute Gasteiger partial charge is 0.388 e. The van der Waals surface area contributed by atoms with Crippen molar-refractivity contribution < 1.29 is 5.11 Å². The van der Waals surface area contributed by atoms with Crippen molar-refractivity contribution in [3.63, 3.8) is 0 Å². The molecule has 0 aliphatic heterocycles. The van der Waals surface area contributed by atoms with Gasteiger partial charge in [-0.1, -0.05) is 24.6 Å². The summed E-state index contributed by atoms with van der Waals surface area (Å²) in [5.74, 6) is 2.20. The van der Waals surface area contributed by atoms with Crippen LogP contribution < -0.4 is 0 Å². The van der Waals surface area contributed by atoms with E-state index in [4.69, 9.17) is 0 Å². The van der Waals surface area contributed by atoms with Gasteiger partial charge in [-0.05, 0) is 59.4 Å². The van der Waals surface area contributed by atoms with Crippen molar-refractivity contribution in [2.75, 3.05) is 0 Å². The van der Waals surface area contributed by atoms with E-state index < -0.39 is 0 Å². The summed E-state index contributed by atoms with van der Waals surface area (Å²) in [5, 5.41) is 14.2. The van der Waals surface area contributed by atoms with Gasteiger partial charge >= 0.3 is 0 Å². The zero-order chi connectivity index (χ0) is 12.1. The third kappa shape index (κ3) is 1.55. The number of fused-ring (bicyclic) bond motifs is 3. The quantitative estimate of drug-likeness (QED) is 0.848. The molecule has 0 radical (unpaired) electrons. The highest BCUT2D eigenvalue weighted by atomic mass is 32.1. The van der Waals surface area contributed by atoms with Crippen molar-refractivity contribution >= 4 is 21.4 Å². The van der Waals surface area contributed by atoms with Crippen molar-refractivity contribution in [3.05, 3.63) is 35.2 Å². The van der Waals surface area contributed by atoms with Crippen LogP contribution in [0, 0.1) is 17.8 Å². The lowest BCUT2D eigenvalue weighted by atomic mass is 9.82. The molecule has 4 rings (SSSR count). The van der Waals surface area contributed by atoms with E-state index in [1.807, 2.05) is 0 Å². The van der Waals surface area contributed by atoms with Gasteiger partial charge in [0.1, 0.15) is 0 Å². The highest BCUT2D eigenvalue weighted by Crippen LogP contribution is 2.53. The van der Waals surface area contributed by atoms with Crippen LogP contribution in [0.25, 0.3) is 10.1 Å². The second kappa shape index (κ2) is 4.07. The van der Waals surface area contributed by atoms with Gasteiger partial charge in [0.2, 0.25) is 0 Å². The van der Waals surface area contributed by atoms with Gasteiger partial charge < -0.3 is 5.11 Å². The van der Waals surface area contributed by atoms with Crippen LogP contribution in [-0.4, -0.2) is 5.11 Å². The van der Waals surface area contributed by atoms with E-state index in [9.17, 15) is 5.11 Å². The molecule has 0 spiro atoms. The summed E-state index contributed by atoms with van der Waals surface area (Å²) in [6.07, 6.45) is 5.11. The van der Waals surface area contributed by atoms with E-state index in [-0.39, 0.29) is 6.10 Å². The van der Waals surface area contributed by atoms with Crippen molar-refractivity contribution in [1.29, 1.82) is 0 Å². The predicted octanol–water partition coefficient (Wildman–Crippen LogP) is 4.37. The van der Waals surface area contributed by atoms with Crippen LogP contribution in [0.4, 0.5) is 0 Å². The molecule has 94 valence electrons. The second-order valence-corrected chi connectivity index (χ2v) is 6.88. The molecule has 1 aromatic heterocycles. The van der Waals surface area contributed by atoms with E-state index in [0.717, 1.165) is 11.8 Å². The number of aliphatic hydroxyl groups excluding tert-OH is 1. The average Bonchev–Trinajstić information content (AvgIpc) is 3.12. The predicted molar refractivity (Wildman–Crippen MR) is 75.7 cm³/mol. The number of aliphatic hydroxyl groups is 1. The molecule has 0 saturated heterocycles. The minimum atomic E-state index is -0.239. The summed E-state index contributed by atoms with van der Waals surface area (Å²) in [6, 6.07) is 8.45. The smallest absolute Gasteiger partial charge is 0.0834 e. The standard InChI is InChI=1S/C16H18OS/c17-16(13-8-10-5-6-11(13)7-10)14-9-18-15-4-2-1-3-12(14)15/h1-4,9-11,13,16-17H,5-8H2. The Balaban J connectivity index is 1.70. The maximum absolute atomic E-state index is 10.7. The zero-order valence-corrected chi connectivity index (χ0v) is 11.2. The minimum absolute atomic E-state index is 0.239. The average molecular weight is 258 g/mol. The Bertz CT molecular complexity index is 573. The number of hydrogen-bond donors (Lipinski definition) is 1. The van der Waals surface area contributed by atoms with Crippen molar-refractivity contribution in [2.24, 2.45) is 17.8 Å². The van der Waals surface area contributed by atoms with Gasteiger partial charge in [-0.15, -0.1) is 11.3 Å². The first kappa shape index (κ1) is 11.0. The number of rotatable bonds is 2. The Morgan fingerprint density at radius 2 is 2.06 bits per heavy atom. The highest BCUT2D eigenvalue weighted by molar-refractivity contribution is 7.17. The Hall–Kier alpha value is -0.860. The van der Waals surface area contributed by atoms with Gasteiger partial charge in [-0.2, -0.15) is 0 Å². The van der Waals surface area contributed by atoms with Gasteiger partial charge in [-0.25, -0.2) is 0 Å². The van der Waals surface area contributed by atoms with Gasteiger partial charge in [-0.3, -0.25) is 0 Å². The van der Waals surface area contributed by atoms with E-state index in [1.54, 1.807) is 11.3 Å². The van der Waals surface area contributed by atoms with Crippen molar-refractivity contribution in [2.45, 2.75) is 31.8 Å².